The van der Waals surface area contributed by atoms with Crippen molar-refractivity contribution in [2.75, 3.05) is 0 Å². The van der Waals surface area contributed by atoms with Gasteiger partial charge in [-0.25, -0.2) is 9.97 Å². The minimum atomic E-state index is -0.0861. The summed E-state index contributed by atoms with van der Waals surface area (Å²) in [5, 5.41) is -0.0861. The van der Waals surface area contributed by atoms with Crippen molar-refractivity contribution >= 4 is 22.8 Å². The highest BCUT2D eigenvalue weighted by molar-refractivity contribution is 6.20. The standard InChI is InChI=1S/C15H20ClN3/c1-9-7-8-13-15(17-9)19(14(18-13)10(2)16)11(3)12-5-4-6-12/h7-8,10-12H,4-6H2,1-3H3. The summed E-state index contributed by atoms with van der Waals surface area (Å²) in [5.74, 6) is 1.70. The summed E-state index contributed by atoms with van der Waals surface area (Å²) in [4.78, 5) is 9.37. The number of fused-ring (bicyclic) bond motifs is 1. The molecule has 1 fully saturated rings. The molecule has 2 heterocycles. The lowest BCUT2D eigenvalue weighted by Gasteiger charge is -2.33. The molecule has 1 aliphatic rings. The Morgan fingerprint density at radius 1 is 1.26 bits per heavy atom. The average Bonchev–Trinajstić information content (AvgIpc) is 2.64. The SMILES string of the molecule is Cc1ccc2nc(C(C)Cl)n(C(C)C3CCC3)c2n1. The summed E-state index contributed by atoms with van der Waals surface area (Å²) in [6, 6.07) is 4.49. The molecule has 0 aliphatic heterocycles. The average molecular weight is 278 g/mol. The van der Waals surface area contributed by atoms with Gasteiger partial charge in [0.15, 0.2) is 5.65 Å². The number of hydrogen-bond donors (Lipinski definition) is 0. The summed E-state index contributed by atoms with van der Waals surface area (Å²) in [5.41, 5.74) is 2.98. The van der Waals surface area contributed by atoms with Crippen molar-refractivity contribution in [2.24, 2.45) is 5.92 Å². The zero-order chi connectivity index (χ0) is 13.6. The number of alkyl halides is 1. The molecule has 0 amide bonds. The maximum Gasteiger partial charge on any atom is 0.160 e. The Balaban J connectivity index is 2.17. The number of imidazole rings is 1. The molecular weight excluding hydrogens is 258 g/mol. The van der Waals surface area contributed by atoms with Crippen LogP contribution in [0.4, 0.5) is 0 Å². The fourth-order valence-corrected chi connectivity index (χ4v) is 3.06. The zero-order valence-electron chi connectivity index (χ0n) is 11.7. The number of hydrogen-bond acceptors (Lipinski definition) is 2. The Bertz CT molecular complexity index is 599. The third kappa shape index (κ3) is 2.14. The van der Waals surface area contributed by atoms with Crippen LogP contribution in [0, 0.1) is 12.8 Å². The van der Waals surface area contributed by atoms with E-state index in [0.717, 1.165) is 28.6 Å². The molecule has 1 aliphatic carbocycles. The van der Waals surface area contributed by atoms with Gasteiger partial charge in [0.1, 0.15) is 11.3 Å². The number of aromatic nitrogens is 3. The lowest BCUT2D eigenvalue weighted by molar-refractivity contribution is 0.222. The van der Waals surface area contributed by atoms with Crippen LogP contribution in [0.3, 0.4) is 0 Å². The largest absolute Gasteiger partial charge is 0.308 e. The highest BCUT2D eigenvalue weighted by Crippen LogP contribution is 2.39. The van der Waals surface area contributed by atoms with E-state index < -0.39 is 0 Å². The van der Waals surface area contributed by atoms with Crippen LogP contribution in [0.2, 0.25) is 0 Å². The zero-order valence-corrected chi connectivity index (χ0v) is 12.5. The minimum Gasteiger partial charge on any atom is -0.308 e. The van der Waals surface area contributed by atoms with Gasteiger partial charge in [-0.05, 0) is 51.7 Å². The lowest BCUT2D eigenvalue weighted by Crippen LogP contribution is -2.24. The molecule has 19 heavy (non-hydrogen) atoms. The van der Waals surface area contributed by atoms with E-state index in [1.165, 1.54) is 19.3 Å². The first-order chi connectivity index (χ1) is 9.08. The lowest BCUT2D eigenvalue weighted by atomic mass is 9.80. The second-order valence-corrected chi connectivity index (χ2v) is 6.34. The summed E-state index contributed by atoms with van der Waals surface area (Å²) >= 11 is 6.32. The first-order valence-corrected chi connectivity index (χ1v) is 7.51. The summed E-state index contributed by atoms with van der Waals surface area (Å²) in [6.45, 7) is 6.28. The Kier molecular flexibility index (Phi) is 3.25. The molecule has 102 valence electrons. The first kappa shape index (κ1) is 12.9. The van der Waals surface area contributed by atoms with Gasteiger partial charge in [0.25, 0.3) is 0 Å². The highest BCUT2D eigenvalue weighted by atomic mass is 35.5. The van der Waals surface area contributed by atoms with Crippen molar-refractivity contribution in [1.82, 2.24) is 14.5 Å². The Labute approximate surface area is 119 Å². The van der Waals surface area contributed by atoms with Crippen LogP contribution < -0.4 is 0 Å². The number of aryl methyl sites for hydroxylation is 1. The molecule has 0 spiro atoms. The van der Waals surface area contributed by atoms with Gasteiger partial charge >= 0.3 is 0 Å². The van der Waals surface area contributed by atoms with Crippen molar-refractivity contribution in [3.8, 4) is 0 Å². The summed E-state index contributed by atoms with van der Waals surface area (Å²) in [7, 11) is 0. The fourth-order valence-electron chi connectivity index (χ4n) is 2.90. The van der Waals surface area contributed by atoms with Crippen molar-refractivity contribution in [3.63, 3.8) is 0 Å². The van der Waals surface area contributed by atoms with Crippen LogP contribution in [0.1, 0.15) is 56.0 Å². The topological polar surface area (TPSA) is 30.7 Å². The molecule has 2 atom stereocenters. The fraction of sp³-hybridized carbons (Fsp3) is 0.600. The van der Waals surface area contributed by atoms with Crippen LogP contribution in [-0.4, -0.2) is 14.5 Å². The van der Waals surface area contributed by atoms with E-state index in [4.69, 9.17) is 11.6 Å². The maximum atomic E-state index is 6.32. The molecule has 4 heteroatoms. The van der Waals surface area contributed by atoms with Crippen molar-refractivity contribution < 1.29 is 0 Å². The van der Waals surface area contributed by atoms with Crippen molar-refractivity contribution in [1.29, 1.82) is 0 Å². The molecule has 2 aromatic rings. The highest BCUT2D eigenvalue weighted by Gasteiger charge is 2.29. The van der Waals surface area contributed by atoms with E-state index in [9.17, 15) is 0 Å². The molecule has 0 saturated heterocycles. The predicted molar refractivity (Wildman–Crippen MR) is 78.6 cm³/mol. The molecule has 2 aromatic heterocycles. The summed E-state index contributed by atoms with van der Waals surface area (Å²) in [6.07, 6.45) is 3.96. The van der Waals surface area contributed by atoms with Crippen molar-refractivity contribution in [3.05, 3.63) is 23.7 Å². The van der Waals surface area contributed by atoms with Crippen LogP contribution in [0.25, 0.3) is 11.2 Å². The monoisotopic (exact) mass is 277 g/mol. The molecule has 0 N–H and O–H groups in total. The van der Waals surface area contributed by atoms with Gasteiger partial charge in [0.2, 0.25) is 0 Å². The Morgan fingerprint density at radius 2 is 2.00 bits per heavy atom. The predicted octanol–water partition coefficient (Wildman–Crippen LogP) is 4.40. The van der Waals surface area contributed by atoms with Gasteiger partial charge in [-0.2, -0.15) is 0 Å². The van der Waals surface area contributed by atoms with Gasteiger partial charge < -0.3 is 4.57 Å². The third-order valence-corrected chi connectivity index (χ3v) is 4.49. The normalized spacial score (nSPS) is 19.4. The second-order valence-electron chi connectivity index (χ2n) is 5.68. The smallest absolute Gasteiger partial charge is 0.160 e. The van der Waals surface area contributed by atoms with E-state index >= 15 is 0 Å². The second kappa shape index (κ2) is 4.78. The number of halogens is 1. The van der Waals surface area contributed by atoms with E-state index in [1.807, 2.05) is 26.0 Å². The molecular formula is C15H20ClN3. The number of rotatable bonds is 3. The van der Waals surface area contributed by atoms with E-state index in [2.05, 4.69) is 21.5 Å². The maximum absolute atomic E-state index is 6.32. The van der Waals surface area contributed by atoms with Crippen LogP contribution in [-0.2, 0) is 0 Å². The molecule has 0 bridgehead atoms. The van der Waals surface area contributed by atoms with Gasteiger partial charge in [-0.1, -0.05) is 6.42 Å². The van der Waals surface area contributed by atoms with Crippen LogP contribution in [0.15, 0.2) is 12.1 Å². The molecule has 0 aromatic carbocycles. The minimum absolute atomic E-state index is 0.0861. The molecule has 2 unspecified atom stereocenters. The number of pyridine rings is 1. The van der Waals surface area contributed by atoms with Gasteiger partial charge in [0.05, 0.1) is 5.38 Å². The van der Waals surface area contributed by atoms with E-state index in [0.29, 0.717) is 6.04 Å². The number of nitrogens with zero attached hydrogens (tertiary/aromatic N) is 3. The molecule has 0 radical (unpaired) electrons. The first-order valence-electron chi connectivity index (χ1n) is 7.07. The van der Waals surface area contributed by atoms with Crippen molar-refractivity contribution in [2.45, 2.75) is 51.5 Å². The van der Waals surface area contributed by atoms with E-state index in [1.54, 1.807) is 0 Å². The van der Waals surface area contributed by atoms with Crippen LogP contribution >= 0.6 is 11.6 Å². The third-order valence-electron chi connectivity index (χ3n) is 4.30. The quantitative estimate of drug-likeness (QED) is 0.779. The molecule has 1 saturated carbocycles. The molecule has 3 rings (SSSR count). The van der Waals surface area contributed by atoms with Crippen LogP contribution in [0.5, 0.6) is 0 Å². The van der Waals surface area contributed by atoms with Gasteiger partial charge in [0, 0.05) is 11.7 Å². The summed E-state index contributed by atoms with van der Waals surface area (Å²) < 4.78 is 2.27. The Morgan fingerprint density at radius 3 is 2.58 bits per heavy atom. The molecule has 3 nitrogen and oxygen atoms in total. The van der Waals surface area contributed by atoms with Gasteiger partial charge in [-0.15, -0.1) is 11.6 Å². The van der Waals surface area contributed by atoms with E-state index in [-0.39, 0.29) is 5.38 Å². The van der Waals surface area contributed by atoms with Gasteiger partial charge in [-0.3, -0.25) is 0 Å². The Hall–Kier alpha value is -1.09.